The minimum atomic E-state index is 0.766. The molecule has 0 aliphatic carbocycles. The molecular weight excluding hydrogens is 366 g/mol. The lowest BCUT2D eigenvalue weighted by Crippen LogP contribution is -2.07. The zero-order chi connectivity index (χ0) is 19.1. The van der Waals surface area contributed by atoms with Gasteiger partial charge in [-0.2, -0.15) is 5.10 Å². The van der Waals surface area contributed by atoms with E-state index in [1.165, 1.54) is 21.9 Å². The van der Waals surface area contributed by atoms with Gasteiger partial charge in [-0.25, -0.2) is 4.68 Å². The molecule has 0 radical (unpaired) electrons. The number of aromatic nitrogens is 2. The Labute approximate surface area is 170 Å². The van der Waals surface area contributed by atoms with E-state index >= 15 is 0 Å². The maximum atomic E-state index is 6.42. The van der Waals surface area contributed by atoms with Crippen molar-refractivity contribution in [3.05, 3.63) is 76.8 Å². The van der Waals surface area contributed by atoms with E-state index in [2.05, 4.69) is 59.9 Å². The van der Waals surface area contributed by atoms with Crippen LogP contribution in [0.1, 0.15) is 24.0 Å². The molecule has 4 heteroatoms. The number of benzene rings is 3. The maximum Gasteiger partial charge on any atom is 0.133 e. The fourth-order valence-electron chi connectivity index (χ4n) is 4.05. The number of anilines is 1. The van der Waals surface area contributed by atoms with Gasteiger partial charge in [0.2, 0.25) is 0 Å². The van der Waals surface area contributed by atoms with Crippen LogP contribution in [0.4, 0.5) is 5.82 Å². The molecule has 0 unspecified atom stereocenters. The number of hydrogen-bond donors (Lipinski definition) is 1. The molecule has 1 N–H and O–H groups in total. The molecule has 0 amide bonds. The highest BCUT2D eigenvalue weighted by molar-refractivity contribution is 6.31. The molecule has 1 aliphatic rings. The van der Waals surface area contributed by atoms with Crippen LogP contribution >= 0.6 is 11.6 Å². The molecule has 0 fully saturated rings. The lowest BCUT2D eigenvalue weighted by molar-refractivity contribution is 0.780. The summed E-state index contributed by atoms with van der Waals surface area (Å²) in [6, 6.07) is 21.1. The molecule has 0 atom stereocenters. The smallest absolute Gasteiger partial charge is 0.133 e. The third-order valence-corrected chi connectivity index (χ3v) is 5.98. The van der Waals surface area contributed by atoms with Crippen LogP contribution in [-0.4, -0.2) is 16.3 Å². The van der Waals surface area contributed by atoms with E-state index in [-0.39, 0.29) is 0 Å². The van der Waals surface area contributed by atoms with Crippen LogP contribution in [0.25, 0.3) is 27.7 Å². The van der Waals surface area contributed by atoms with Crippen LogP contribution in [0.2, 0.25) is 5.02 Å². The van der Waals surface area contributed by atoms with Crippen LogP contribution < -0.4 is 5.32 Å². The first-order valence-corrected chi connectivity index (χ1v) is 10.2. The second kappa shape index (κ2) is 6.99. The summed E-state index contributed by atoms with van der Waals surface area (Å²) in [4.78, 5) is 0. The van der Waals surface area contributed by atoms with Crippen LogP contribution in [-0.2, 0) is 6.42 Å². The summed E-state index contributed by atoms with van der Waals surface area (Å²) >= 11 is 6.42. The predicted molar refractivity (Wildman–Crippen MR) is 118 cm³/mol. The number of nitrogens with one attached hydrogen (secondary N) is 1. The number of halogens is 1. The average molecular weight is 388 g/mol. The molecule has 28 heavy (non-hydrogen) atoms. The molecule has 4 aromatic rings. The van der Waals surface area contributed by atoms with E-state index in [4.69, 9.17) is 16.7 Å². The number of hydrogen-bond acceptors (Lipinski definition) is 2. The highest BCUT2D eigenvalue weighted by Crippen LogP contribution is 2.37. The Kier molecular flexibility index (Phi) is 4.33. The fourth-order valence-corrected chi connectivity index (χ4v) is 4.23. The van der Waals surface area contributed by atoms with Gasteiger partial charge in [0, 0.05) is 22.7 Å². The van der Waals surface area contributed by atoms with Gasteiger partial charge >= 0.3 is 0 Å². The van der Waals surface area contributed by atoms with Crippen LogP contribution in [0.15, 0.2) is 60.7 Å². The first-order chi connectivity index (χ1) is 13.7. The van der Waals surface area contributed by atoms with Gasteiger partial charge in [-0.1, -0.05) is 60.1 Å². The largest absolute Gasteiger partial charge is 0.370 e. The van der Waals surface area contributed by atoms with Gasteiger partial charge in [0.15, 0.2) is 0 Å². The van der Waals surface area contributed by atoms with Crippen LogP contribution in [0.5, 0.6) is 0 Å². The topological polar surface area (TPSA) is 29.9 Å². The lowest BCUT2D eigenvalue weighted by Gasteiger charge is -2.10. The zero-order valence-corrected chi connectivity index (χ0v) is 16.6. The van der Waals surface area contributed by atoms with E-state index in [1.54, 1.807) is 0 Å². The molecule has 1 aromatic heterocycles. The fraction of sp³-hybridized carbons (Fsp3) is 0.208. The summed E-state index contributed by atoms with van der Waals surface area (Å²) < 4.78 is 2.03. The summed E-state index contributed by atoms with van der Waals surface area (Å²) in [6.07, 6.45) is 3.36. The van der Waals surface area contributed by atoms with E-state index in [9.17, 15) is 0 Å². The number of aryl methyl sites for hydroxylation is 1. The quantitative estimate of drug-likeness (QED) is 0.431. The van der Waals surface area contributed by atoms with E-state index in [1.807, 2.05) is 17.7 Å². The summed E-state index contributed by atoms with van der Waals surface area (Å²) in [6.45, 7) is 2.99. The Morgan fingerprint density at radius 3 is 2.75 bits per heavy atom. The predicted octanol–water partition coefficient (Wildman–Crippen LogP) is 6.40. The number of nitrogens with zero attached hydrogens (tertiary/aromatic N) is 2. The standard InChI is InChI=1S/C24H22ClN3/c1-16-12-13-18(15-22(16)25)28-24-21(10-4-5-14-26-24)23(27-28)20-11-6-8-17-7-2-3-9-19(17)20/h2-3,6-9,11-13,15,26H,4-5,10,14H2,1H3. The van der Waals surface area contributed by atoms with Crippen molar-refractivity contribution >= 4 is 28.2 Å². The molecule has 3 aromatic carbocycles. The third kappa shape index (κ3) is 2.87. The number of rotatable bonds is 2. The minimum absolute atomic E-state index is 0.766. The summed E-state index contributed by atoms with van der Waals surface area (Å²) in [7, 11) is 0. The van der Waals surface area contributed by atoms with E-state index in [0.717, 1.165) is 53.6 Å². The van der Waals surface area contributed by atoms with Crippen molar-refractivity contribution in [2.75, 3.05) is 11.9 Å². The normalized spacial score (nSPS) is 13.8. The summed E-state index contributed by atoms with van der Waals surface area (Å²) in [5.41, 5.74) is 5.62. The van der Waals surface area contributed by atoms with Gasteiger partial charge in [-0.3, -0.25) is 0 Å². The summed E-state index contributed by atoms with van der Waals surface area (Å²) in [5.74, 6) is 1.10. The molecule has 1 aliphatic heterocycles. The highest BCUT2D eigenvalue weighted by atomic mass is 35.5. The Balaban J connectivity index is 1.77. The molecule has 3 nitrogen and oxygen atoms in total. The van der Waals surface area contributed by atoms with E-state index < -0.39 is 0 Å². The highest BCUT2D eigenvalue weighted by Gasteiger charge is 2.22. The maximum absolute atomic E-state index is 6.42. The Morgan fingerprint density at radius 2 is 1.86 bits per heavy atom. The Bertz CT molecular complexity index is 1170. The van der Waals surface area contributed by atoms with Gasteiger partial charge in [-0.05, 0) is 54.7 Å². The van der Waals surface area contributed by atoms with Crippen molar-refractivity contribution in [2.24, 2.45) is 0 Å². The van der Waals surface area contributed by atoms with Gasteiger partial charge in [0.1, 0.15) is 5.82 Å². The molecule has 0 saturated heterocycles. The van der Waals surface area contributed by atoms with Crippen molar-refractivity contribution in [2.45, 2.75) is 26.2 Å². The monoisotopic (exact) mass is 387 g/mol. The van der Waals surface area contributed by atoms with Crippen molar-refractivity contribution in [3.8, 4) is 16.9 Å². The molecule has 2 heterocycles. The lowest BCUT2D eigenvalue weighted by atomic mass is 9.98. The molecule has 0 bridgehead atoms. The number of fused-ring (bicyclic) bond motifs is 2. The second-order valence-electron chi connectivity index (χ2n) is 7.43. The van der Waals surface area contributed by atoms with Crippen molar-refractivity contribution < 1.29 is 0 Å². The van der Waals surface area contributed by atoms with Crippen molar-refractivity contribution in [1.82, 2.24) is 9.78 Å². The van der Waals surface area contributed by atoms with Crippen LogP contribution in [0, 0.1) is 6.92 Å². The minimum Gasteiger partial charge on any atom is -0.370 e. The zero-order valence-electron chi connectivity index (χ0n) is 15.9. The molecule has 140 valence electrons. The molecule has 0 saturated carbocycles. The molecule has 0 spiro atoms. The second-order valence-corrected chi connectivity index (χ2v) is 7.84. The first-order valence-electron chi connectivity index (χ1n) is 9.83. The summed E-state index contributed by atoms with van der Waals surface area (Å²) in [5, 5.41) is 12.0. The third-order valence-electron chi connectivity index (χ3n) is 5.57. The van der Waals surface area contributed by atoms with Gasteiger partial charge < -0.3 is 5.32 Å². The van der Waals surface area contributed by atoms with Crippen molar-refractivity contribution in [1.29, 1.82) is 0 Å². The Morgan fingerprint density at radius 1 is 1.00 bits per heavy atom. The first kappa shape index (κ1) is 17.3. The van der Waals surface area contributed by atoms with Gasteiger partial charge in [0.05, 0.1) is 11.4 Å². The van der Waals surface area contributed by atoms with Gasteiger partial charge in [0.25, 0.3) is 0 Å². The van der Waals surface area contributed by atoms with Crippen molar-refractivity contribution in [3.63, 3.8) is 0 Å². The van der Waals surface area contributed by atoms with E-state index in [0.29, 0.717) is 0 Å². The van der Waals surface area contributed by atoms with Gasteiger partial charge in [-0.15, -0.1) is 0 Å². The average Bonchev–Trinajstić information content (AvgIpc) is 2.90. The Hall–Kier alpha value is -2.78. The molecule has 5 rings (SSSR count). The van der Waals surface area contributed by atoms with Crippen LogP contribution in [0.3, 0.4) is 0 Å². The molecular formula is C24H22ClN3. The SMILES string of the molecule is Cc1ccc(-n2nc(-c3cccc4ccccc34)c3c2NCCCC3)cc1Cl.